The van der Waals surface area contributed by atoms with Crippen LogP contribution in [0.4, 0.5) is 5.69 Å². The van der Waals surface area contributed by atoms with Gasteiger partial charge in [-0.15, -0.1) is 10.2 Å². The highest BCUT2D eigenvalue weighted by atomic mass is 32.1. The highest BCUT2D eigenvalue weighted by Gasteiger charge is 2.16. The summed E-state index contributed by atoms with van der Waals surface area (Å²) in [6.45, 7) is 3.80. The topological polar surface area (TPSA) is 101 Å². The number of anilines is 1. The average molecular weight is 334 g/mol. The van der Waals surface area contributed by atoms with Crippen LogP contribution in [0.25, 0.3) is 15.5 Å². The molecule has 2 heterocycles. The number of phenols is 1. The fourth-order valence-corrected chi connectivity index (χ4v) is 3.14. The number of aryl methyl sites for hydroxylation is 2. The van der Waals surface area contributed by atoms with Gasteiger partial charge in [0.2, 0.25) is 4.96 Å². The van der Waals surface area contributed by atoms with Gasteiger partial charge in [-0.1, -0.05) is 18.3 Å². The molecule has 1 aromatic carbocycles. The number of nitrogens with two attached hydrogens (primary N) is 1. The van der Waals surface area contributed by atoms with Crippen molar-refractivity contribution >= 4 is 39.3 Å². The summed E-state index contributed by atoms with van der Waals surface area (Å²) in [6.07, 6.45) is 0.735. The third-order valence-corrected chi connectivity index (χ3v) is 4.20. The van der Waals surface area contributed by atoms with E-state index in [1.807, 2.05) is 6.92 Å². The molecule has 3 rings (SSSR count). The fraction of sp³-hybridized carbons (Fsp3) is 0.231. The molecule has 2 aromatic heterocycles. The van der Waals surface area contributed by atoms with Gasteiger partial charge >= 0.3 is 0 Å². The van der Waals surface area contributed by atoms with Crippen molar-refractivity contribution in [2.24, 2.45) is 5.73 Å². The molecule has 0 bridgehead atoms. The van der Waals surface area contributed by atoms with Crippen molar-refractivity contribution in [1.29, 1.82) is 0 Å². The third-order valence-electron chi connectivity index (χ3n) is 3.17. The first-order valence-electron chi connectivity index (χ1n) is 6.61. The lowest BCUT2D eigenvalue weighted by molar-refractivity contribution is 0.473. The van der Waals surface area contributed by atoms with Gasteiger partial charge in [0, 0.05) is 12.1 Å². The lowest BCUT2D eigenvalue weighted by atomic mass is 10.1. The highest BCUT2D eigenvalue weighted by Crippen LogP contribution is 2.37. The molecular formula is C13H14N6OS2. The molecule has 7 nitrogen and oxygen atoms in total. The number of phenolic OH excluding ortho intramolecular Hbond substituents is 1. The number of aromatic hydroxyl groups is 1. The van der Waals surface area contributed by atoms with Crippen molar-refractivity contribution in [1.82, 2.24) is 19.8 Å². The van der Waals surface area contributed by atoms with Gasteiger partial charge in [-0.3, -0.25) is 0 Å². The van der Waals surface area contributed by atoms with Crippen LogP contribution in [0.3, 0.4) is 0 Å². The van der Waals surface area contributed by atoms with E-state index < -0.39 is 0 Å². The van der Waals surface area contributed by atoms with Crippen molar-refractivity contribution < 1.29 is 5.11 Å². The zero-order valence-corrected chi connectivity index (χ0v) is 13.6. The van der Waals surface area contributed by atoms with Gasteiger partial charge in [-0.05, 0) is 36.8 Å². The molecule has 0 radical (unpaired) electrons. The van der Waals surface area contributed by atoms with Crippen molar-refractivity contribution in [2.75, 3.05) is 5.32 Å². The number of thiocarbonyl (C=S) groups is 1. The molecule has 0 saturated heterocycles. The summed E-state index contributed by atoms with van der Waals surface area (Å²) in [5.74, 6) is 0.961. The molecule has 0 saturated carbocycles. The van der Waals surface area contributed by atoms with Crippen LogP contribution < -0.4 is 11.1 Å². The second kappa shape index (κ2) is 5.50. The Bertz CT molecular complexity index is 869. The van der Waals surface area contributed by atoms with Crippen molar-refractivity contribution in [3.05, 3.63) is 23.5 Å². The Balaban J connectivity index is 2.13. The average Bonchev–Trinajstić information content (AvgIpc) is 3.01. The molecule has 3 aromatic rings. The molecule has 0 amide bonds. The quantitative estimate of drug-likeness (QED) is 0.498. The maximum absolute atomic E-state index is 10.3. The van der Waals surface area contributed by atoms with E-state index in [1.165, 1.54) is 11.3 Å². The Hall–Kier alpha value is -2.26. The van der Waals surface area contributed by atoms with Crippen LogP contribution in [0.1, 0.15) is 18.3 Å². The number of benzene rings is 1. The lowest BCUT2D eigenvalue weighted by Gasteiger charge is -2.10. The van der Waals surface area contributed by atoms with Gasteiger partial charge in [0.25, 0.3) is 0 Å². The van der Waals surface area contributed by atoms with Crippen LogP contribution in [-0.2, 0) is 6.42 Å². The number of aromatic nitrogens is 4. The van der Waals surface area contributed by atoms with E-state index in [9.17, 15) is 5.11 Å². The summed E-state index contributed by atoms with van der Waals surface area (Å²) in [6, 6.07) is 3.54. The predicted molar refractivity (Wildman–Crippen MR) is 90.3 cm³/mol. The molecule has 0 aliphatic carbocycles. The molecule has 0 unspecified atom stereocenters. The van der Waals surface area contributed by atoms with Crippen LogP contribution in [0.2, 0.25) is 0 Å². The first-order valence-corrected chi connectivity index (χ1v) is 7.83. The maximum Gasteiger partial charge on any atom is 0.234 e. The first kappa shape index (κ1) is 14.7. The molecule has 0 aliphatic rings. The molecule has 0 atom stereocenters. The zero-order chi connectivity index (χ0) is 15.9. The summed E-state index contributed by atoms with van der Waals surface area (Å²) < 4.78 is 1.70. The van der Waals surface area contributed by atoms with Gasteiger partial charge in [-0.25, -0.2) is 0 Å². The van der Waals surface area contributed by atoms with E-state index in [2.05, 4.69) is 20.6 Å². The summed E-state index contributed by atoms with van der Waals surface area (Å²) in [5, 5.41) is 26.7. The van der Waals surface area contributed by atoms with Gasteiger partial charge < -0.3 is 16.2 Å². The first-order chi connectivity index (χ1) is 10.5. The van der Waals surface area contributed by atoms with Gasteiger partial charge in [0.05, 0.1) is 5.56 Å². The zero-order valence-electron chi connectivity index (χ0n) is 12.0. The van der Waals surface area contributed by atoms with Crippen LogP contribution in [0, 0.1) is 6.92 Å². The van der Waals surface area contributed by atoms with Crippen molar-refractivity contribution in [3.63, 3.8) is 0 Å². The second-order valence-electron chi connectivity index (χ2n) is 4.75. The Kier molecular flexibility index (Phi) is 3.67. The SMILES string of the molecule is CCc1nnc2sc(-c3cc(NC(N)=S)cc(C)c3O)nn12. The second-order valence-corrected chi connectivity index (χ2v) is 6.15. The number of hydrogen-bond acceptors (Lipinski definition) is 6. The standard InChI is InChI=1S/C13H14N6OS2/c1-3-9-16-17-13-19(9)18-11(22-13)8-5-7(15-12(14)21)4-6(2)10(8)20/h4-5,20H,3H2,1-2H3,(H3,14,15,21). The van der Waals surface area contributed by atoms with E-state index in [1.54, 1.807) is 23.6 Å². The van der Waals surface area contributed by atoms with E-state index in [-0.39, 0.29) is 10.9 Å². The number of rotatable bonds is 3. The molecule has 4 N–H and O–H groups in total. The number of nitrogens with zero attached hydrogens (tertiary/aromatic N) is 4. The molecule has 0 spiro atoms. The monoisotopic (exact) mass is 334 g/mol. The minimum absolute atomic E-state index is 0.169. The predicted octanol–water partition coefficient (Wildman–Crippen LogP) is 2.08. The van der Waals surface area contributed by atoms with E-state index in [4.69, 9.17) is 18.0 Å². The third kappa shape index (κ3) is 2.48. The number of fused-ring (bicyclic) bond motifs is 1. The molecule has 9 heteroatoms. The van der Waals surface area contributed by atoms with Crippen LogP contribution in [-0.4, -0.2) is 30.0 Å². The number of nitrogens with one attached hydrogen (secondary N) is 1. The summed E-state index contributed by atoms with van der Waals surface area (Å²) >= 11 is 6.22. The van der Waals surface area contributed by atoms with Gasteiger partial charge in [0.1, 0.15) is 5.75 Å². The minimum Gasteiger partial charge on any atom is -0.507 e. The van der Waals surface area contributed by atoms with E-state index >= 15 is 0 Å². The highest BCUT2D eigenvalue weighted by molar-refractivity contribution is 7.80. The fourth-order valence-electron chi connectivity index (χ4n) is 2.14. The largest absolute Gasteiger partial charge is 0.507 e. The van der Waals surface area contributed by atoms with Crippen molar-refractivity contribution in [3.8, 4) is 16.3 Å². The lowest BCUT2D eigenvalue weighted by Crippen LogP contribution is -2.18. The Morgan fingerprint density at radius 2 is 2.23 bits per heavy atom. The minimum atomic E-state index is 0.169. The molecule has 114 valence electrons. The Morgan fingerprint density at radius 3 is 2.91 bits per heavy atom. The van der Waals surface area contributed by atoms with Gasteiger partial charge in [-0.2, -0.15) is 9.61 Å². The molecule has 22 heavy (non-hydrogen) atoms. The van der Waals surface area contributed by atoms with Crippen LogP contribution in [0.5, 0.6) is 5.75 Å². The van der Waals surface area contributed by atoms with Crippen molar-refractivity contribution in [2.45, 2.75) is 20.3 Å². The number of hydrogen-bond donors (Lipinski definition) is 3. The molecule has 0 fully saturated rings. The maximum atomic E-state index is 10.3. The Morgan fingerprint density at radius 1 is 1.45 bits per heavy atom. The van der Waals surface area contributed by atoms with Crippen LogP contribution >= 0.6 is 23.6 Å². The van der Waals surface area contributed by atoms with Crippen LogP contribution in [0.15, 0.2) is 12.1 Å². The molecular weight excluding hydrogens is 320 g/mol. The summed E-state index contributed by atoms with van der Waals surface area (Å²) in [5.41, 5.74) is 7.53. The van der Waals surface area contributed by atoms with Gasteiger partial charge in [0.15, 0.2) is 15.9 Å². The summed E-state index contributed by atoms with van der Waals surface area (Å²) in [7, 11) is 0. The molecule has 0 aliphatic heterocycles. The Labute approximate surface area is 135 Å². The summed E-state index contributed by atoms with van der Waals surface area (Å²) in [4.78, 5) is 0.691. The van der Waals surface area contributed by atoms with E-state index in [0.29, 0.717) is 26.8 Å². The smallest absolute Gasteiger partial charge is 0.234 e. The normalized spacial score (nSPS) is 11.0. The van der Waals surface area contributed by atoms with E-state index in [0.717, 1.165) is 12.2 Å².